The van der Waals surface area contributed by atoms with Gasteiger partial charge in [0.25, 0.3) is 0 Å². The molecule has 19 heavy (non-hydrogen) atoms. The van der Waals surface area contributed by atoms with Gasteiger partial charge in [-0.3, -0.25) is 4.79 Å². The van der Waals surface area contributed by atoms with Crippen LogP contribution in [-0.4, -0.2) is 73.4 Å². The maximum Gasteiger partial charge on any atom is 0.303 e. The fourth-order valence-corrected chi connectivity index (χ4v) is 3.15. The molecule has 0 spiro atoms. The fourth-order valence-electron chi connectivity index (χ4n) is 3.15. The lowest BCUT2D eigenvalue weighted by Crippen LogP contribution is -2.48. The summed E-state index contributed by atoms with van der Waals surface area (Å²) in [6.45, 7) is 6.03. The van der Waals surface area contributed by atoms with E-state index in [0.29, 0.717) is 18.4 Å². The quantitative estimate of drug-likeness (QED) is 0.804. The molecule has 5 nitrogen and oxygen atoms in total. The summed E-state index contributed by atoms with van der Waals surface area (Å²) in [6.07, 6.45) is 3.80. The SMILES string of the molecule is CN1CCOC(CN2CCCC(CCC(=O)O)C2)C1. The number of likely N-dealkylation sites (N-methyl/N-ethyl adjacent to an activating group) is 1. The highest BCUT2D eigenvalue weighted by Crippen LogP contribution is 2.21. The number of carbonyl (C=O) groups is 1. The van der Waals surface area contributed by atoms with E-state index in [1.807, 2.05) is 0 Å². The molecule has 2 saturated heterocycles. The molecule has 2 fully saturated rings. The zero-order chi connectivity index (χ0) is 13.7. The van der Waals surface area contributed by atoms with Crippen LogP contribution in [0, 0.1) is 5.92 Å². The molecule has 2 aliphatic heterocycles. The number of morpholine rings is 1. The Labute approximate surface area is 115 Å². The van der Waals surface area contributed by atoms with Crippen LogP contribution in [-0.2, 0) is 9.53 Å². The molecule has 2 atom stereocenters. The summed E-state index contributed by atoms with van der Waals surface area (Å²) in [7, 11) is 2.14. The summed E-state index contributed by atoms with van der Waals surface area (Å²) in [6, 6.07) is 0. The van der Waals surface area contributed by atoms with E-state index in [-0.39, 0.29) is 0 Å². The Hall–Kier alpha value is -0.650. The van der Waals surface area contributed by atoms with Gasteiger partial charge in [-0.1, -0.05) is 0 Å². The van der Waals surface area contributed by atoms with Crippen LogP contribution in [0.2, 0.25) is 0 Å². The Bertz CT molecular complexity index is 298. The highest BCUT2D eigenvalue weighted by molar-refractivity contribution is 5.66. The number of nitrogens with zero attached hydrogens (tertiary/aromatic N) is 2. The first kappa shape index (κ1) is 14.8. The van der Waals surface area contributed by atoms with E-state index in [1.165, 1.54) is 12.8 Å². The molecule has 110 valence electrons. The standard InChI is InChI=1S/C14H26N2O3/c1-15-7-8-19-13(10-15)11-16-6-2-3-12(9-16)4-5-14(17)18/h12-13H,2-11H2,1H3,(H,17,18). The van der Waals surface area contributed by atoms with Crippen LogP contribution >= 0.6 is 0 Å². The van der Waals surface area contributed by atoms with Gasteiger partial charge in [0.15, 0.2) is 0 Å². The number of aliphatic carboxylic acids is 1. The van der Waals surface area contributed by atoms with Crippen LogP contribution in [0.15, 0.2) is 0 Å². The average molecular weight is 270 g/mol. The lowest BCUT2D eigenvalue weighted by Gasteiger charge is -2.37. The first-order valence-corrected chi connectivity index (χ1v) is 7.38. The van der Waals surface area contributed by atoms with Crippen molar-refractivity contribution in [2.24, 2.45) is 5.92 Å². The van der Waals surface area contributed by atoms with Crippen LogP contribution in [0.5, 0.6) is 0 Å². The third kappa shape index (κ3) is 5.09. The van der Waals surface area contributed by atoms with Gasteiger partial charge in [0.1, 0.15) is 0 Å². The second-order valence-corrected chi connectivity index (χ2v) is 5.96. The monoisotopic (exact) mass is 270 g/mol. The molecule has 2 heterocycles. The molecule has 0 aromatic carbocycles. The average Bonchev–Trinajstić information content (AvgIpc) is 2.37. The van der Waals surface area contributed by atoms with E-state index < -0.39 is 5.97 Å². The molecule has 0 bridgehead atoms. The van der Waals surface area contributed by atoms with Crippen molar-refractivity contribution < 1.29 is 14.6 Å². The highest BCUT2D eigenvalue weighted by atomic mass is 16.5. The molecule has 2 unspecified atom stereocenters. The zero-order valence-corrected chi connectivity index (χ0v) is 11.9. The van der Waals surface area contributed by atoms with Crippen molar-refractivity contribution in [3.63, 3.8) is 0 Å². The molecule has 0 radical (unpaired) electrons. The number of ether oxygens (including phenoxy) is 1. The van der Waals surface area contributed by atoms with Crippen molar-refractivity contribution in [2.75, 3.05) is 46.4 Å². The Morgan fingerprint density at radius 2 is 2.21 bits per heavy atom. The summed E-state index contributed by atoms with van der Waals surface area (Å²) in [5.41, 5.74) is 0. The van der Waals surface area contributed by atoms with E-state index in [9.17, 15) is 4.79 Å². The van der Waals surface area contributed by atoms with Gasteiger partial charge in [-0.25, -0.2) is 0 Å². The second kappa shape index (κ2) is 7.22. The minimum atomic E-state index is -0.672. The van der Waals surface area contributed by atoms with E-state index in [1.54, 1.807) is 0 Å². The first-order chi connectivity index (χ1) is 9.13. The van der Waals surface area contributed by atoms with Crippen LogP contribution in [0.3, 0.4) is 0 Å². The number of rotatable bonds is 5. The minimum absolute atomic E-state index is 0.307. The van der Waals surface area contributed by atoms with Crippen LogP contribution < -0.4 is 0 Å². The number of piperidine rings is 1. The molecular weight excluding hydrogens is 244 g/mol. The smallest absolute Gasteiger partial charge is 0.303 e. The van der Waals surface area contributed by atoms with Crippen molar-refractivity contribution in [2.45, 2.75) is 31.8 Å². The van der Waals surface area contributed by atoms with E-state index in [2.05, 4.69) is 16.8 Å². The van der Waals surface area contributed by atoms with Gasteiger partial charge in [-0.15, -0.1) is 0 Å². The maximum absolute atomic E-state index is 10.6. The van der Waals surface area contributed by atoms with Crippen LogP contribution in [0.4, 0.5) is 0 Å². The van der Waals surface area contributed by atoms with Gasteiger partial charge in [-0.2, -0.15) is 0 Å². The van der Waals surface area contributed by atoms with Gasteiger partial charge in [0, 0.05) is 32.6 Å². The molecule has 2 rings (SSSR count). The van der Waals surface area contributed by atoms with Crippen LogP contribution in [0.25, 0.3) is 0 Å². The van der Waals surface area contributed by atoms with Gasteiger partial charge in [-0.05, 0) is 38.8 Å². The minimum Gasteiger partial charge on any atom is -0.481 e. The molecule has 0 saturated carbocycles. The summed E-state index contributed by atoms with van der Waals surface area (Å²) >= 11 is 0. The third-order valence-electron chi connectivity index (χ3n) is 4.17. The fraction of sp³-hybridized carbons (Fsp3) is 0.929. The second-order valence-electron chi connectivity index (χ2n) is 5.96. The van der Waals surface area contributed by atoms with Crippen LogP contribution in [0.1, 0.15) is 25.7 Å². The molecule has 0 aliphatic carbocycles. The number of likely N-dealkylation sites (tertiary alicyclic amines) is 1. The molecule has 2 aliphatic rings. The summed E-state index contributed by atoms with van der Waals surface area (Å²) < 4.78 is 5.81. The normalized spacial score (nSPS) is 30.4. The van der Waals surface area contributed by atoms with E-state index in [0.717, 1.165) is 45.8 Å². The molecule has 5 heteroatoms. The van der Waals surface area contributed by atoms with E-state index >= 15 is 0 Å². The zero-order valence-electron chi connectivity index (χ0n) is 11.9. The number of hydrogen-bond donors (Lipinski definition) is 1. The van der Waals surface area contributed by atoms with Crippen molar-refractivity contribution >= 4 is 5.97 Å². The Balaban J connectivity index is 1.72. The van der Waals surface area contributed by atoms with Crippen molar-refractivity contribution in [1.82, 2.24) is 9.80 Å². The predicted molar refractivity (Wildman–Crippen MR) is 73.3 cm³/mol. The summed E-state index contributed by atoms with van der Waals surface area (Å²) in [4.78, 5) is 15.4. The van der Waals surface area contributed by atoms with Crippen molar-refractivity contribution in [3.8, 4) is 0 Å². The molecular formula is C14H26N2O3. The molecule has 0 amide bonds. The number of carboxylic acid groups (broad SMARTS) is 1. The molecule has 0 aromatic heterocycles. The lowest BCUT2D eigenvalue weighted by atomic mass is 9.93. The Kier molecular flexibility index (Phi) is 5.60. The maximum atomic E-state index is 10.6. The Morgan fingerprint density at radius 3 is 2.95 bits per heavy atom. The van der Waals surface area contributed by atoms with Crippen molar-refractivity contribution in [3.05, 3.63) is 0 Å². The van der Waals surface area contributed by atoms with Crippen molar-refractivity contribution in [1.29, 1.82) is 0 Å². The van der Waals surface area contributed by atoms with Gasteiger partial charge >= 0.3 is 5.97 Å². The Morgan fingerprint density at radius 1 is 1.37 bits per heavy atom. The molecule has 1 N–H and O–H groups in total. The summed E-state index contributed by atoms with van der Waals surface area (Å²) in [5.74, 6) is -0.125. The number of hydrogen-bond acceptors (Lipinski definition) is 4. The number of carboxylic acids is 1. The first-order valence-electron chi connectivity index (χ1n) is 7.38. The van der Waals surface area contributed by atoms with Gasteiger partial charge < -0.3 is 19.6 Å². The topological polar surface area (TPSA) is 53.0 Å². The third-order valence-corrected chi connectivity index (χ3v) is 4.17. The van der Waals surface area contributed by atoms with E-state index in [4.69, 9.17) is 9.84 Å². The summed E-state index contributed by atoms with van der Waals surface area (Å²) in [5, 5.41) is 8.76. The van der Waals surface area contributed by atoms with Gasteiger partial charge in [0.05, 0.1) is 12.7 Å². The highest BCUT2D eigenvalue weighted by Gasteiger charge is 2.25. The largest absolute Gasteiger partial charge is 0.481 e. The lowest BCUT2D eigenvalue weighted by molar-refractivity contribution is -0.137. The van der Waals surface area contributed by atoms with Gasteiger partial charge in [0.2, 0.25) is 0 Å². The molecule has 0 aromatic rings. The predicted octanol–water partition coefficient (Wildman–Crippen LogP) is 0.894.